The van der Waals surface area contributed by atoms with E-state index < -0.39 is 5.97 Å². The fourth-order valence-electron chi connectivity index (χ4n) is 2.25. The molecule has 0 unspecified atom stereocenters. The van der Waals surface area contributed by atoms with Gasteiger partial charge >= 0.3 is 5.97 Å². The number of aliphatic carboxylic acids is 1. The molecule has 0 radical (unpaired) electrons. The van der Waals surface area contributed by atoms with Crippen LogP contribution in [0.2, 0.25) is 0 Å². The minimum atomic E-state index is -0.887. The van der Waals surface area contributed by atoms with Crippen LogP contribution in [0.25, 0.3) is 0 Å². The molecule has 0 aliphatic carbocycles. The van der Waals surface area contributed by atoms with Gasteiger partial charge in [-0.2, -0.15) is 5.10 Å². The monoisotopic (exact) mass is 295 g/mol. The van der Waals surface area contributed by atoms with Crippen LogP contribution < -0.4 is 5.01 Å². The fourth-order valence-corrected chi connectivity index (χ4v) is 2.25. The van der Waals surface area contributed by atoms with Crippen LogP contribution >= 0.6 is 0 Å². The Hall–Kier alpha value is -3.02. The van der Waals surface area contributed by atoms with Gasteiger partial charge in [0.15, 0.2) is 0 Å². The minimum absolute atomic E-state index is 0.0432. The number of carbonyl (C=O) groups is 2. The van der Waals surface area contributed by atoms with Gasteiger partial charge in [-0.1, -0.05) is 12.1 Å². The highest BCUT2D eigenvalue weighted by Crippen LogP contribution is 2.23. The van der Waals surface area contributed by atoms with Gasteiger partial charge in [-0.25, -0.2) is 5.01 Å². The zero-order chi connectivity index (χ0) is 15.5. The third kappa shape index (κ3) is 2.85. The maximum absolute atomic E-state index is 12.1. The zero-order valence-electron chi connectivity index (χ0n) is 11.6. The second-order valence-corrected chi connectivity index (χ2v) is 4.91. The number of amides is 1. The van der Waals surface area contributed by atoms with Gasteiger partial charge in [0.2, 0.25) is 0 Å². The van der Waals surface area contributed by atoms with Crippen LogP contribution in [-0.2, 0) is 16.0 Å². The third-order valence-corrected chi connectivity index (χ3v) is 3.31. The van der Waals surface area contributed by atoms with Crippen LogP contribution in [0.3, 0.4) is 0 Å². The van der Waals surface area contributed by atoms with E-state index in [1.54, 1.807) is 42.7 Å². The molecule has 2 heterocycles. The Morgan fingerprint density at radius 2 is 2.00 bits per heavy atom. The van der Waals surface area contributed by atoms with Gasteiger partial charge in [-0.05, 0) is 29.8 Å². The van der Waals surface area contributed by atoms with Crippen molar-refractivity contribution in [3.63, 3.8) is 0 Å². The van der Waals surface area contributed by atoms with Gasteiger partial charge in [-0.15, -0.1) is 0 Å². The summed E-state index contributed by atoms with van der Waals surface area (Å²) < 4.78 is 0. The molecule has 0 spiro atoms. The van der Waals surface area contributed by atoms with Crippen LogP contribution in [0.4, 0.5) is 5.69 Å². The van der Waals surface area contributed by atoms with E-state index in [2.05, 4.69) is 10.1 Å². The molecule has 2 aromatic rings. The lowest BCUT2D eigenvalue weighted by molar-refractivity contribution is -0.136. The molecule has 0 bridgehead atoms. The first-order valence-corrected chi connectivity index (χ1v) is 6.75. The third-order valence-electron chi connectivity index (χ3n) is 3.31. The largest absolute Gasteiger partial charge is 0.481 e. The van der Waals surface area contributed by atoms with Crippen molar-refractivity contribution in [2.75, 3.05) is 5.01 Å². The van der Waals surface area contributed by atoms with Crippen molar-refractivity contribution in [1.29, 1.82) is 0 Å². The molecular formula is C16H13N3O3. The smallest absolute Gasteiger partial charge is 0.307 e. The van der Waals surface area contributed by atoms with Crippen molar-refractivity contribution < 1.29 is 14.7 Å². The predicted molar refractivity (Wildman–Crippen MR) is 80.7 cm³/mol. The van der Waals surface area contributed by atoms with Crippen molar-refractivity contribution >= 4 is 23.3 Å². The molecule has 3 rings (SSSR count). The van der Waals surface area contributed by atoms with E-state index in [1.165, 1.54) is 5.01 Å². The van der Waals surface area contributed by atoms with Crippen molar-refractivity contribution in [2.45, 2.75) is 12.8 Å². The summed E-state index contributed by atoms with van der Waals surface area (Å²) in [6.07, 6.45) is 3.52. The molecule has 0 saturated heterocycles. The molecule has 1 aliphatic rings. The highest BCUT2D eigenvalue weighted by Gasteiger charge is 2.26. The minimum Gasteiger partial charge on any atom is -0.481 e. The first-order chi connectivity index (χ1) is 10.6. The second-order valence-electron chi connectivity index (χ2n) is 4.91. The molecular weight excluding hydrogens is 282 g/mol. The molecule has 6 nitrogen and oxygen atoms in total. The number of anilines is 1. The molecule has 1 amide bonds. The molecule has 1 aliphatic heterocycles. The van der Waals surface area contributed by atoms with Crippen LogP contribution in [-0.4, -0.2) is 27.7 Å². The lowest BCUT2D eigenvalue weighted by Crippen LogP contribution is -2.19. The lowest BCUT2D eigenvalue weighted by Gasteiger charge is -2.11. The number of nitrogens with zero attached hydrogens (tertiary/aromatic N) is 3. The van der Waals surface area contributed by atoms with Crippen LogP contribution in [0, 0.1) is 0 Å². The van der Waals surface area contributed by atoms with E-state index in [-0.39, 0.29) is 18.7 Å². The summed E-state index contributed by atoms with van der Waals surface area (Å²) in [4.78, 5) is 26.8. The van der Waals surface area contributed by atoms with Crippen molar-refractivity contribution in [3.8, 4) is 0 Å². The fraction of sp³-hybridized carbons (Fsp3) is 0.125. The quantitative estimate of drug-likeness (QED) is 0.933. The normalized spacial score (nSPS) is 14.1. The number of aromatic nitrogens is 1. The zero-order valence-corrected chi connectivity index (χ0v) is 11.6. The lowest BCUT2D eigenvalue weighted by atomic mass is 10.1. The molecule has 22 heavy (non-hydrogen) atoms. The van der Waals surface area contributed by atoms with Crippen molar-refractivity contribution in [2.24, 2.45) is 5.10 Å². The Labute approximate surface area is 126 Å². The molecule has 0 atom stereocenters. The van der Waals surface area contributed by atoms with Gasteiger partial charge in [0.25, 0.3) is 5.91 Å². The standard InChI is InChI=1S/C16H13N3O3/c20-15-9-14(12-2-1-7-17-10-12)18-19(15)13-5-3-11(4-6-13)8-16(21)22/h1-7,10H,8-9H2,(H,21,22). The topological polar surface area (TPSA) is 82.9 Å². The van der Waals surface area contributed by atoms with Crippen LogP contribution in [0.15, 0.2) is 53.9 Å². The number of benzene rings is 1. The average Bonchev–Trinajstić information content (AvgIpc) is 2.90. The van der Waals surface area contributed by atoms with E-state index in [9.17, 15) is 9.59 Å². The first kappa shape index (κ1) is 13.9. The number of pyridine rings is 1. The summed E-state index contributed by atoms with van der Waals surface area (Å²) in [6, 6.07) is 10.4. The highest BCUT2D eigenvalue weighted by atomic mass is 16.4. The molecule has 0 fully saturated rings. The number of hydrogen-bond acceptors (Lipinski definition) is 4. The molecule has 110 valence electrons. The summed E-state index contributed by atoms with van der Waals surface area (Å²) in [7, 11) is 0. The second kappa shape index (κ2) is 5.77. The van der Waals surface area contributed by atoms with Gasteiger partial charge in [-0.3, -0.25) is 14.6 Å². The van der Waals surface area contributed by atoms with Crippen LogP contribution in [0.1, 0.15) is 17.5 Å². The van der Waals surface area contributed by atoms with Gasteiger partial charge < -0.3 is 5.11 Å². The molecule has 1 aromatic carbocycles. The summed E-state index contributed by atoms with van der Waals surface area (Å²) >= 11 is 0. The number of hydrogen-bond donors (Lipinski definition) is 1. The molecule has 1 aromatic heterocycles. The molecule has 6 heteroatoms. The van der Waals surface area contributed by atoms with E-state index in [1.807, 2.05) is 6.07 Å². The Morgan fingerprint density at radius 1 is 1.23 bits per heavy atom. The van der Waals surface area contributed by atoms with Crippen LogP contribution in [0.5, 0.6) is 0 Å². The summed E-state index contributed by atoms with van der Waals surface area (Å²) in [5.74, 6) is -1.01. The first-order valence-electron chi connectivity index (χ1n) is 6.75. The van der Waals surface area contributed by atoms with Crippen molar-refractivity contribution in [1.82, 2.24) is 4.98 Å². The predicted octanol–water partition coefficient (Wildman–Crippen LogP) is 1.85. The Kier molecular flexibility index (Phi) is 3.65. The summed E-state index contributed by atoms with van der Waals surface area (Å²) in [5, 5.41) is 14.4. The molecule has 1 N–H and O–H groups in total. The number of hydrazone groups is 1. The number of carboxylic acids is 1. The summed E-state index contributed by atoms with van der Waals surface area (Å²) in [5.41, 5.74) is 2.80. The maximum Gasteiger partial charge on any atom is 0.307 e. The number of carbonyl (C=O) groups excluding carboxylic acids is 1. The van der Waals surface area contributed by atoms with E-state index in [4.69, 9.17) is 5.11 Å². The summed E-state index contributed by atoms with van der Waals surface area (Å²) in [6.45, 7) is 0. The Balaban J connectivity index is 1.84. The van der Waals surface area contributed by atoms with E-state index in [0.717, 1.165) is 5.56 Å². The average molecular weight is 295 g/mol. The Morgan fingerprint density at radius 3 is 2.64 bits per heavy atom. The number of carboxylic acid groups (broad SMARTS) is 1. The maximum atomic E-state index is 12.1. The van der Waals surface area contributed by atoms with E-state index in [0.29, 0.717) is 17.0 Å². The van der Waals surface area contributed by atoms with E-state index >= 15 is 0 Å². The molecule has 0 saturated carbocycles. The highest BCUT2D eigenvalue weighted by molar-refractivity contribution is 6.19. The van der Waals surface area contributed by atoms with Crippen molar-refractivity contribution in [3.05, 3.63) is 59.9 Å². The van der Waals surface area contributed by atoms with Gasteiger partial charge in [0, 0.05) is 18.0 Å². The SMILES string of the molecule is O=C(O)Cc1ccc(N2N=C(c3cccnc3)CC2=O)cc1. The Bertz CT molecular complexity index is 739. The van der Waals surface area contributed by atoms with Gasteiger partial charge in [0.1, 0.15) is 0 Å². The van der Waals surface area contributed by atoms with Gasteiger partial charge in [0.05, 0.1) is 24.2 Å². The number of rotatable bonds is 4.